The first kappa shape index (κ1) is 15.8. The molecular weight excluding hydrogens is 290 g/mol. The highest BCUT2D eigenvalue weighted by atomic mass is 35.5. The molecule has 0 radical (unpaired) electrons. The maximum Gasteiger partial charge on any atom is 0.253 e. The van der Waals surface area contributed by atoms with Gasteiger partial charge in [0.1, 0.15) is 6.10 Å². The van der Waals surface area contributed by atoms with Crippen LogP contribution in [-0.4, -0.2) is 29.8 Å². The molecule has 112 valence electrons. The zero-order valence-corrected chi connectivity index (χ0v) is 12.6. The monoisotopic (exact) mass is 307 g/mol. The third kappa shape index (κ3) is 4.47. The van der Waals surface area contributed by atoms with Crippen LogP contribution in [-0.2, 0) is 9.53 Å². The van der Waals surface area contributed by atoms with Gasteiger partial charge in [0, 0.05) is 12.0 Å². The van der Waals surface area contributed by atoms with Crippen molar-refractivity contribution in [2.24, 2.45) is 0 Å². The lowest BCUT2D eigenvalue weighted by atomic mass is 10.1. The Kier molecular flexibility index (Phi) is 5.63. The molecule has 1 aromatic carbocycles. The van der Waals surface area contributed by atoms with Gasteiger partial charge in [-0.05, 0) is 38.0 Å². The normalized spacial score (nSPS) is 20.7. The Morgan fingerprint density at radius 2 is 2.33 bits per heavy atom. The second-order valence-electron chi connectivity index (χ2n) is 4.97. The van der Waals surface area contributed by atoms with Gasteiger partial charge in [-0.25, -0.2) is 0 Å². The van der Waals surface area contributed by atoms with E-state index < -0.39 is 6.10 Å². The molecule has 0 aromatic heterocycles. The maximum atomic E-state index is 12.1. The molecule has 1 aliphatic heterocycles. The fourth-order valence-corrected chi connectivity index (χ4v) is 2.29. The van der Waals surface area contributed by atoms with Crippen LogP contribution >= 0.6 is 11.6 Å². The van der Waals surface area contributed by atoms with Crippen LogP contribution in [0.1, 0.15) is 31.7 Å². The number of anilines is 1. The van der Waals surface area contributed by atoms with Crippen LogP contribution in [0.5, 0.6) is 0 Å². The highest BCUT2D eigenvalue weighted by molar-refractivity contribution is 6.33. The van der Waals surface area contributed by atoms with Crippen molar-refractivity contribution in [3.63, 3.8) is 0 Å². The average Bonchev–Trinajstić information content (AvgIpc) is 2.89. The first-order valence-corrected chi connectivity index (χ1v) is 7.33. The summed E-state index contributed by atoms with van der Waals surface area (Å²) in [5, 5.41) is 12.0. The Labute approximate surface area is 129 Å². The molecule has 0 spiro atoms. The minimum atomic E-state index is -0.416. The van der Waals surface area contributed by atoms with Crippen LogP contribution < -0.4 is 5.32 Å². The Bertz CT molecular complexity index is 577. The molecule has 0 bridgehead atoms. The molecule has 1 saturated heterocycles. The molecule has 1 amide bonds. The van der Waals surface area contributed by atoms with E-state index in [1.54, 1.807) is 18.2 Å². The molecule has 2 unspecified atom stereocenters. The van der Waals surface area contributed by atoms with Crippen LogP contribution in [0.15, 0.2) is 18.2 Å². The van der Waals surface area contributed by atoms with Crippen molar-refractivity contribution >= 4 is 23.2 Å². The number of aliphatic hydroxyl groups excluding tert-OH is 1. The van der Waals surface area contributed by atoms with Gasteiger partial charge in [-0.15, -0.1) is 0 Å². The predicted molar refractivity (Wildman–Crippen MR) is 82.2 cm³/mol. The number of carbonyl (C=O) groups is 1. The van der Waals surface area contributed by atoms with E-state index in [0.29, 0.717) is 17.1 Å². The molecule has 5 heteroatoms. The van der Waals surface area contributed by atoms with Gasteiger partial charge >= 0.3 is 0 Å². The van der Waals surface area contributed by atoms with E-state index in [1.165, 1.54) is 0 Å². The van der Waals surface area contributed by atoms with Crippen molar-refractivity contribution < 1.29 is 14.6 Å². The Balaban J connectivity index is 2.07. The Morgan fingerprint density at radius 3 is 3.00 bits per heavy atom. The molecule has 0 saturated carbocycles. The molecule has 1 aliphatic rings. The van der Waals surface area contributed by atoms with Gasteiger partial charge in [0.25, 0.3) is 5.91 Å². The van der Waals surface area contributed by atoms with Crippen molar-refractivity contribution in [1.82, 2.24) is 0 Å². The largest absolute Gasteiger partial charge is 0.395 e. The fraction of sp³-hybridized carbons (Fsp3) is 0.438. The van der Waals surface area contributed by atoms with Crippen LogP contribution in [0.2, 0.25) is 5.02 Å². The third-order valence-electron chi connectivity index (χ3n) is 3.22. The van der Waals surface area contributed by atoms with Crippen molar-refractivity contribution in [3.05, 3.63) is 28.8 Å². The highest BCUT2D eigenvalue weighted by Gasteiger charge is 2.28. The Hall–Kier alpha value is -1.54. The van der Waals surface area contributed by atoms with Crippen LogP contribution in [0.4, 0.5) is 5.69 Å². The summed E-state index contributed by atoms with van der Waals surface area (Å²) in [6, 6.07) is 5.19. The number of benzene rings is 1. The SMILES string of the molecule is CC1CCC(C(=O)Nc2cc(C#CCCO)ccc2Cl)O1. The lowest BCUT2D eigenvalue weighted by Gasteiger charge is -2.13. The maximum absolute atomic E-state index is 12.1. The van der Waals surface area contributed by atoms with Gasteiger partial charge in [-0.3, -0.25) is 4.79 Å². The molecule has 1 aromatic rings. The molecule has 2 N–H and O–H groups in total. The second kappa shape index (κ2) is 7.46. The van der Waals surface area contributed by atoms with Gasteiger partial charge < -0.3 is 15.2 Å². The van der Waals surface area contributed by atoms with Crippen LogP contribution in [0.25, 0.3) is 0 Å². The minimum Gasteiger partial charge on any atom is -0.395 e. The summed E-state index contributed by atoms with van der Waals surface area (Å²) in [7, 11) is 0. The smallest absolute Gasteiger partial charge is 0.253 e. The lowest BCUT2D eigenvalue weighted by molar-refractivity contribution is -0.126. The number of aliphatic hydroxyl groups is 1. The van der Waals surface area contributed by atoms with Crippen molar-refractivity contribution in [3.8, 4) is 11.8 Å². The molecular formula is C16H18ClNO3. The summed E-state index contributed by atoms with van der Waals surface area (Å²) in [5.74, 6) is 5.56. The summed E-state index contributed by atoms with van der Waals surface area (Å²) in [5.41, 5.74) is 1.27. The number of amides is 1. The lowest BCUT2D eigenvalue weighted by Crippen LogP contribution is -2.27. The molecule has 4 nitrogen and oxygen atoms in total. The Morgan fingerprint density at radius 1 is 1.52 bits per heavy atom. The first-order valence-electron chi connectivity index (χ1n) is 6.95. The number of carbonyl (C=O) groups excluding carboxylic acids is 1. The van der Waals surface area contributed by atoms with Crippen LogP contribution in [0.3, 0.4) is 0 Å². The molecule has 21 heavy (non-hydrogen) atoms. The molecule has 0 aliphatic carbocycles. The van der Waals surface area contributed by atoms with E-state index in [1.807, 2.05) is 6.92 Å². The standard InChI is InChI=1S/C16H18ClNO3/c1-11-5-8-15(21-11)16(20)18-14-10-12(4-2-3-9-19)6-7-13(14)17/h6-7,10-11,15,19H,3,5,8-9H2,1H3,(H,18,20). The third-order valence-corrected chi connectivity index (χ3v) is 3.55. The molecule has 1 heterocycles. The topological polar surface area (TPSA) is 58.6 Å². The van der Waals surface area contributed by atoms with Gasteiger partial charge in [-0.2, -0.15) is 0 Å². The molecule has 2 atom stereocenters. The van der Waals surface area contributed by atoms with E-state index in [-0.39, 0.29) is 18.6 Å². The summed E-state index contributed by atoms with van der Waals surface area (Å²) < 4.78 is 5.53. The van der Waals surface area contributed by atoms with Crippen molar-refractivity contribution in [2.45, 2.75) is 38.4 Å². The van der Waals surface area contributed by atoms with Crippen LogP contribution in [0, 0.1) is 11.8 Å². The van der Waals surface area contributed by atoms with Gasteiger partial charge in [0.2, 0.25) is 0 Å². The highest BCUT2D eigenvalue weighted by Crippen LogP contribution is 2.25. The van der Waals surface area contributed by atoms with Crippen molar-refractivity contribution in [2.75, 3.05) is 11.9 Å². The number of rotatable bonds is 3. The predicted octanol–water partition coefficient (Wildman–Crippen LogP) is 2.58. The number of ether oxygens (including phenoxy) is 1. The van der Waals surface area contributed by atoms with Crippen molar-refractivity contribution in [1.29, 1.82) is 0 Å². The summed E-state index contributed by atoms with van der Waals surface area (Å²) in [6.45, 7) is 1.99. The number of halogens is 1. The van der Waals surface area contributed by atoms with Gasteiger partial charge in [0.15, 0.2) is 0 Å². The minimum absolute atomic E-state index is 0.0292. The van der Waals surface area contributed by atoms with Gasteiger partial charge in [-0.1, -0.05) is 23.4 Å². The summed E-state index contributed by atoms with van der Waals surface area (Å²) in [6.07, 6.45) is 1.73. The number of nitrogens with one attached hydrogen (secondary N) is 1. The summed E-state index contributed by atoms with van der Waals surface area (Å²) >= 11 is 6.09. The van der Waals surface area contributed by atoms with E-state index in [2.05, 4.69) is 17.2 Å². The second-order valence-corrected chi connectivity index (χ2v) is 5.38. The zero-order chi connectivity index (χ0) is 15.2. The van der Waals surface area contributed by atoms with E-state index in [0.717, 1.165) is 18.4 Å². The quantitative estimate of drug-likeness (QED) is 0.844. The van der Waals surface area contributed by atoms with E-state index in [9.17, 15) is 4.79 Å². The number of hydrogen-bond acceptors (Lipinski definition) is 3. The fourth-order valence-electron chi connectivity index (χ4n) is 2.13. The molecule has 1 fully saturated rings. The van der Waals surface area contributed by atoms with E-state index >= 15 is 0 Å². The summed E-state index contributed by atoms with van der Waals surface area (Å²) in [4.78, 5) is 12.1. The average molecular weight is 308 g/mol. The zero-order valence-electron chi connectivity index (χ0n) is 11.9. The van der Waals surface area contributed by atoms with E-state index in [4.69, 9.17) is 21.4 Å². The molecule has 2 rings (SSSR count). The van der Waals surface area contributed by atoms with Gasteiger partial charge in [0.05, 0.1) is 23.4 Å². The number of hydrogen-bond donors (Lipinski definition) is 2. The first-order chi connectivity index (χ1) is 10.1.